The lowest BCUT2D eigenvalue weighted by Crippen LogP contribution is -2.38. The average Bonchev–Trinajstić information content (AvgIpc) is 2.25. The van der Waals surface area contributed by atoms with E-state index in [-0.39, 0.29) is 0 Å². The maximum atomic E-state index is 9.07. The van der Waals surface area contributed by atoms with Crippen LogP contribution in [-0.2, 0) is 0 Å². The quantitative estimate of drug-likeness (QED) is 0.662. The van der Waals surface area contributed by atoms with Gasteiger partial charge >= 0.3 is 0 Å². The van der Waals surface area contributed by atoms with Crippen LogP contribution in [0.2, 0.25) is 0 Å². The highest BCUT2D eigenvalue weighted by atomic mass is 16.3. The zero-order chi connectivity index (χ0) is 11.1. The Morgan fingerprint density at radius 2 is 2.07 bits per heavy atom. The number of aliphatic hydroxyl groups is 1. The molecule has 88 valence electrons. The first kappa shape index (κ1) is 12.7. The smallest absolute Gasteiger partial charge is 0.0445 e. The van der Waals surface area contributed by atoms with Gasteiger partial charge in [0.15, 0.2) is 0 Å². The van der Waals surface area contributed by atoms with Gasteiger partial charge in [-0.1, -0.05) is 31.4 Å². The molecular formula is C13H25NO. The molecule has 2 nitrogen and oxygen atoms in total. The molecule has 1 saturated carbocycles. The van der Waals surface area contributed by atoms with Gasteiger partial charge in [0.05, 0.1) is 0 Å². The fourth-order valence-corrected chi connectivity index (χ4v) is 2.49. The Kier molecular flexibility index (Phi) is 5.96. The minimum Gasteiger partial charge on any atom is -0.396 e. The molecule has 1 unspecified atom stereocenters. The van der Waals surface area contributed by atoms with E-state index in [0.29, 0.717) is 12.6 Å². The normalized spacial score (nSPS) is 20.1. The average molecular weight is 211 g/mol. The third kappa shape index (κ3) is 4.80. The van der Waals surface area contributed by atoms with Crippen LogP contribution in [0.15, 0.2) is 12.2 Å². The SMILES string of the molecule is C=C(C)CNC(CCO)C1CCCCC1. The number of nitrogens with one attached hydrogen (secondary N) is 1. The van der Waals surface area contributed by atoms with Crippen LogP contribution >= 0.6 is 0 Å². The molecule has 0 saturated heterocycles. The van der Waals surface area contributed by atoms with Gasteiger partial charge in [0.25, 0.3) is 0 Å². The van der Waals surface area contributed by atoms with Crippen LogP contribution in [-0.4, -0.2) is 24.3 Å². The van der Waals surface area contributed by atoms with Crippen molar-refractivity contribution in [3.05, 3.63) is 12.2 Å². The maximum Gasteiger partial charge on any atom is 0.0445 e. The molecule has 15 heavy (non-hydrogen) atoms. The van der Waals surface area contributed by atoms with Crippen LogP contribution in [0.25, 0.3) is 0 Å². The Morgan fingerprint density at radius 1 is 1.40 bits per heavy atom. The molecule has 2 N–H and O–H groups in total. The summed E-state index contributed by atoms with van der Waals surface area (Å²) >= 11 is 0. The molecule has 1 fully saturated rings. The van der Waals surface area contributed by atoms with Gasteiger partial charge in [-0.25, -0.2) is 0 Å². The van der Waals surface area contributed by atoms with E-state index in [2.05, 4.69) is 11.9 Å². The molecular weight excluding hydrogens is 186 g/mol. The summed E-state index contributed by atoms with van der Waals surface area (Å²) < 4.78 is 0. The van der Waals surface area contributed by atoms with Crippen molar-refractivity contribution in [1.29, 1.82) is 0 Å². The van der Waals surface area contributed by atoms with Gasteiger partial charge < -0.3 is 10.4 Å². The molecule has 0 radical (unpaired) electrons. The zero-order valence-corrected chi connectivity index (χ0v) is 9.97. The van der Waals surface area contributed by atoms with Gasteiger partial charge in [-0.3, -0.25) is 0 Å². The van der Waals surface area contributed by atoms with E-state index in [1.54, 1.807) is 0 Å². The number of aliphatic hydroxyl groups excluding tert-OH is 1. The largest absolute Gasteiger partial charge is 0.396 e. The molecule has 0 aliphatic heterocycles. The topological polar surface area (TPSA) is 32.3 Å². The van der Waals surface area contributed by atoms with E-state index >= 15 is 0 Å². The van der Waals surface area contributed by atoms with Gasteiger partial charge in [0.2, 0.25) is 0 Å². The number of hydrogen-bond donors (Lipinski definition) is 2. The fraction of sp³-hybridized carbons (Fsp3) is 0.846. The Labute approximate surface area is 93.8 Å². The number of hydrogen-bond acceptors (Lipinski definition) is 2. The Balaban J connectivity index is 2.36. The highest BCUT2D eigenvalue weighted by Crippen LogP contribution is 2.27. The van der Waals surface area contributed by atoms with Crippen molar-refractivity contribution >= 4 is 0 Å². The Hall–Kier alpha value is -0.340. The second-order valence-electron chi connectivity index (χ2n) is 4.85. The minimum absolute atomic E-state index is 0.296. The molecule has 0 heterocycles. The van der Waals surface area contributed by atoms with Crippen molar-refractivity contribution in [2.75, 3.05) is 13.2 Å². The van der Waals surface area contributed by atoms with E-state index in [4.69, 9.17) is 5.11 Å². The summed E-state index contributed by atoms with van der Waals surface area (Å²) in [6.07, 6.45) is 7.66. The van der Waals surface area contributed by atoms with Crippen LogP contribution < -0.4 is 5.32 Å². The fourth-order valence-electron chi connectivity index (χ4n) is 2.49. The van der Waals surface area contributed by atoms with Gasteiger partial charge in [-0.05, 0) is 32.1 Å². The van der Waals surface area contributed by atoms with E-state index in [0.717, 1.165) is 18.9 Å². The summed E-state index contributed by atoms with van der Waals surface area (Å²) in [4.78, 5) is 0. The van der Waals surface area contributed by atoms with Crippen molar-refractivity contribution in [2.45, 2.75) is 51.5 Å². The first-order chi connectivity index (χ1) is 7.24. The summed E-state index contributed by atoms with van der Waals surface area (Å²) in [6, 6.07) is 0.493. The second kappa shape index (κ2) is 7.02. The molecule has 0 aromatic heterocycles. The van der Waals surface area contributed by atoms with Crippen LogP contribution in [0.1, 0.15) is 45.4 Å². The van der Waals surface area contributed by atoms with Crippen LogP contribution in [0.4, 0.5) is 0 Å². The molecule has 1 aliphatic carbocycles. The number of rotatable bonds is 6. The summed E-state index contributed by atoms with van der Waals surface area (Å²) in [5.74, 6) is 0.769. The van der Waals surface area contributed by atoms with E-state index in [1.165, 1.54) is 37.7 Å². The monoisotopic (exact) mass is 211 g/mol. The standard InChI is InChI=1S/C13H25NO/c1-11(2)10-14-13(8-9-15)12-6-4-3-5-7-12/h12-15H,1,3-10H2,2H3. The lowest BCUT2D eigenvalue weighted by molar-refractivity contribution is 0.209. The zero-order valence-electron chi connectivity index (χ0n) is 9.97. The predicted octanol–water partition coefficient (Wildman–Crippen LogP) is 2.48. The van der Waals surface area contributed by atoms with Gasteiger partial charge in [0, 0.05) is 19.2 Å². The molecule has 1 aliphatic rings. The first-order valence-electron chi connectivity index (χ1n) is 6.22. The van der Waals surface area contributed by atoms with Gasteiger partial charge in [-0.2, -0.15) is 0 Å². The Bertz CT molecular complexity index is 185. The van der Waals surface area contributed by atoms with Crippen molar-refractivity contribution in [2.24, 2.45) is 5.92 Å². The molecule has 1 rings (SSSR count). The van der Waals surface area contributed by atoms with E-state index in [1.807, 2.05) is 6.92 Å². The summed E-state index contributed by atoms with van der Waals surface area (Å²) in [5, 5.41) is 12.6. The molecule has 0 spiro atoms. The van der Waals surface area contributed by atoms with Crippen molar-refractivity contribution in [1.82, 2.24) is 5.32 Å². The minimum atomic E-state index is 0.296. The summed E-state index contributed by atoms with van der Waals surface area (Å²) in [5.41, 5.74) is 1.17. The molecule has 1 atom stereocenters. The summed E-state index contributed by atoms with van der Waals surface area (Å²) in [7, 11) is 0. The first-order valence-corrected chi connectivity index (χ1v) is 6.22. The Morgan fingerprint density at radius 3 is 2.60 bits per heavy atom. The van der Waals surface area contributed by atoms with Crippen LogP contribution in [0.5, 0.6) is 0 Å². The van der Waals surface area contributed by atoms with Crippen molar-refractivity contribution in [3.8, 4) is 0 Å². The highest BCUT2D eigenvalue weighted by molar-refractivity contribution is 4.93. The molecule has 0 aromatic rings. The molecule has 0 bridgehead atoms. The van der Waals surface area contributed by atoms with E-state index in [9.17, 15) is 0 Å². The third-order valence-corrected chi connectivity index (χ3v) is 3.32. The van der Waals surface area contributed by atoms with Crippen molar-refractivity contribution in [3.63, 3.8) is 0 Å². The maximum absolute atomic E-state index is 9.07. The highest BCUT2D eigenvalue weighted by Gasteiger charge is 2.22. The molecule has 0 amide bonds. The summed E-state index contributed by atoms with van der Waals surface area (Å²) in [6.45, 7) is 7.14. The predicted molar refractivity (Wildman–Crippen MR) is 64.9 cm³/mol. The van der Waals surface area contributed by atoms with E-state index < -0.39 is 0 Å². The van der Waals surface area contributed by atoms with Crippen molar-refractivity contribution < 1.29 is 5.11 Å². The van der Waals surface area contributed by atoms with Crippen LogP contribution in [0.3, 0.4) is 0 Å². The van der Waals surface area contributed by atoms with Crippen LogP contribution in [0, 0.1) is 5.92 Å². The van der Waals surface area contributed by atoms with Gasteiger partial charge in [-0.15, -0.1) is 0 Å². The molecule has 0 aromatic carbocycles. The third-order valence-electron chi connectivity index (χ3n) is 3.32. The second-order valence-corrected chi connectivity index (χ2v) is 4.85. The van der Waals surface area contributed by atoms with Gasteiger partial charge in [0.1, 0.15) is 0 Å². The lowest BCUT2D eigenvalue weighted by atomic mass is 9.82. The lowest BCUT2D eigenvalue weighted by Gasteiger charge is -2.30. The molecule has 2 heteroatoms.